The van der Waals surface area contributed by atoms with Crippen molar-refractivity contribution in [3.8, 4) is 0 Å². The summed E-state index contributed by atoms with van der Waals surface area (Å²) in [6, 6.07) is 6.33. The lowest BCUT2D eigenvalue weighted by molar-refractivity contribution is -0.145. The van der Waals surface area contributed by atoms with Gasteiger partial charge in [-0.25, -0.2) is 9.59 Å². The number of halogens is 1. The van der Waals surface area contributed by atoms with E-state index in [2.05, 4.69) is 5.32 Å². The number of hydrogen-bond acceptors (Lipinski definition) is 3. The van der Waals surface area contributed by atoms with Crippen molar-refractivity contribution in [3.05, 3.63) is 34.9 Å². The third-order valence-electron chi connectivity index (χ3n) is 2.95. The predicted octanol–water partition coefficient (Wildman–Crippen LogP) is 3.55. The van der Waals surface area contributed by atoms with E-state index in [0.717, 1.165) is 0 Å². The molecule has 1 aromatic carbocycles. The van der Waals surface area contributed by atoms with Gasteiger partial charge in [0.25, 0.3) is 0 Å². The zero-order chi connectivity index (χ0) is 16.3. The van der Waals surface area contributed by atoms with Gasteiger partial charge in [0, 0.05) is 5.02 Å². The molecule has 0 aliphatic rings. The molecular formula is C15H20ClNO4. The van der Waals surface area contributed by atoms with E-state index in [0.29, 0.717) is 10.6 Å². The van der Waals surface area contributed by atoms with Gasteiger partial charge in [-0.2, -0.15) is 0 Å². The average molecular weight is 314 g/mol. The van der Waals surface area contributed by atoms with E-state index in [1.54, 1.807) is 52.0 Å². The second-order valence-corrected chi connectivity index (χ2v) is 6.13. The Morgan fingerprint density at radius 3 is 2.14 bits per heavy atom. The number of rotatable bonds is 4. The normalized spacial score (nSPS) is 14.1. The number of ether oxygens (including phenoxy) is 1. The standard InChI is InChI=1S/C15H20ClNO4/c1-5-15(12(18)19,10-6-8-11(16)9-7-10)17-13(20)21-14(2,3)4/h6-9H,5H2,1-4H3,(H,17,20)(H,18,19). The molecule has 0 radical (unpaired) electrons. The van der Waals surface area contributed by atoms with E-state index < -0.39 is 23.2 Å². The number of hydrogen-bond donors (Lipinski definition) is 2. The minimum Gasteiger partial charge on any atom is -0.479 e. The number of benzene rings is 1. The third kappa shape index (κ3) is 4.36. The van der Waals surface area contributed by atoms with Crippen LogP contribution in [-0.4, -0.2) is 22.8 Å². The van der Waals surface area contributed by atoms with Crippen LogP contribution in [0.2, 0.25) is 5.02 Å². The zero-order valence-electron chi connectivity index (χ0n) is 12.6. The van der Waals surface area contributed by atoms with Crippen LogP contribution >= 0.6 is 11.6 Å². The van der Waals surface area contributed by atoms with Crippen molar-refractivity contribution in [2.45, 2.75) is 45.3 Å². The van der Waals surface area contributed by atoms with Crippen LogP contribution < -0.4 is 5.32 Å². The highest BCUT2D eigenvalue weighted by molar-refractivity contribution is 6.30. The van der Waals surface area contributed by atoms with Gasteiger partial charge in [0.2, 0.25) is 0 Å². The minimum atomic E-state index is -1.55. The summed E-state index contributed by atoms with van der Waals surface area (Å²) in [5.41, 5.74) is -1.82. The largest absolute Gasteiger partial charge is 0.479 e. The SMILES string of the molecule is CCC(NC(=O)OC(C)(C)C)(C(=O)O)c1ccc(Cl)cc1. The number of alkyl carbamates (subject to hydrolysis) is 1. The van der Waals surface area contributed by atoms with Crippen LogP contribution in [0.15, 0.2) is 24.3 Å². The first-order chi connectivity index (χ1) is 9.60. The van der Waals surface area contributed by atoms with E-state index in [1.807, 2.05) is 0 Å². The zero-order valence-corrected chi connectivity index (χ0v) is 13.3. The first-order valence-electron chi connectivity index (χ1n) is 6.61. The van der Waals surface area contributed by atoms with Gasteiger partial charge in [-0.3, -0.25) is 0 Å². The highest BCUT2D eigenvalue weighted by Crippen LogP contribution is 2.27. The number of carbonyl (C=O) groups excluding carboxylic acids is 1. The lowest BCUT2D eigenvalue weighted by atomic mass is 9.87. The molecule has 0 fully saturated rings. The highest BCUT2D eigenvalue weighted by Gasteiger charge is 2.41. The van der Waals surface area contributed by atoms with Crippen LogP contribution in [0.1, 0.15) is 39.7 Å². The quantitative estimate of drug-likeness (QED) is 0.891. The first kappa shape index (κ1) is 17.3. The van der Waals surface area contributed by atoms with Crippen LogP contribution in [0.25, 0.3) is 0 Å². The van der Waals surface area contributed by atoms with Crippen molar-refractivity contribution in [2.24, 2.45) is 0 Å². The van der Waals surface area contributed by atoms with Gasteiger partial charge in [0.05, 0.1) is 0 Å². The highest BCUT2D eigenvalue weighted by atomic mass is 35.5. The molecule has 1 unspecified atom stereocenters. The molecule has 1 atom stereocenters. The fraction of sp³-hybridized carbons (Fsp3) is 0.467. The molecule has 0 heterocycles. The van der Waals surface area contributed by atoms with Gasteiger partial charge in [0.15, 0.2) is 5.54 Å². The number of amides is 1. The lowest BCUT2D eigenvalue weighted by Gasteiger charge is -2.31. The Kier molecular flexibility index (Phi) is 5.23. The van der Waals surface area contributed by atoms with E-state index in [1.165, 1.54) is 0 Å². The topological polar surface area (TPSA) is 75.6 Å². The number of nitrogens with one attached hydrogen (secondary N) is 1. The number of carboxylic acids is 1. The number of carboxylic acid groups (broad SMARTS) is 1. The van der Waals surface area contributed by atoms with Crippen molar-refractivity contribution in [3.63, 3.8) is 0 Å². The summed E-state index contributed by atoms with van der Waals surface area (Å²) in [6.07, 6.45) is -0.606. The maximum atomic E-state index is 12.0. The molecule has 1 amide bonds. The summed E-state index contributed by atoms with van der Waals surface area (Å²) in [5.74, 6) is -1.15. The molecule has 5 nitrogen and oxygen atoms in total. The molecule has 1 rings (SSSR count). The molecule has 1 aromatic rings. The predicted molar refractivity (Wildman–Crippen MR) is 80.4 cm³/mol. The van der Waals surface area contributed by atoms with Crippen LogP contribution in [-0.2, 0) is 15.1 Å². The van der Waals surface area contributed by atoms with Crippen molar-refractivity contribution >= 4 is 23.7 Å². The smallest absolute Gasteiger partial charge is 0.408 e. The molecule has 0 spiro atoms. The van der Waals surface area contributed by atoms with Gasteiger partial charge in [-0.1, -0.05) is 30.7 Å². The molecule has 0 saturated carbocycles. The molecular weight excluding hydrogens is 294 g/mol. The molecule has 21 heavy (non-hydrogen) atoms. The average Bonchev–Trinajstić information content (AvgIpc) is 2.34. The summed E-state index contributed by atoms with van der Waals surface area (Å²) in [6.45, 7) is 6.82. The summed E-state index contributed by atoms with van der Waals surface area (Å²) >= 11 is 5.82. The maximum absolute atomic E-state index is 12.0. The van der Waals surface area contributed by atoms with Gasteiger partial charge in [0.1, 0.15) is 5.60 Å². The van der Waals surface area contributed by atoms with E-state index in [-0.39, 0.29) is 6.42 Å². The maximum Gasteiger partial charge on any atom is 0.408 e. The molecule has 0 aliphatic carbocycles. The minimum absolute atomic E-state index is 0.170. The van der Waals surface area contributed by atoms with Gasteiger partial charge in [-0.05, 0) is 44.9 Å². The fourth-order valence-corrected chi connectivity index (χ4v) is 2.03. The van der Waals surface area contributed by atoms with Crippen molar-refractivity contribution < 1.29 is 19.4 Å². The molecule has 0 bridgehead atoms. The van der Waals surface area contributed by atoms with Gasteiger partial charge >= 0.3 is 12.1 Å². The Hall–Kier alpha value is -1.75. The second kappa shape index (κ2) is 6.35. The number of carbonyl (C=O) groups is 2. The third-order valence-corrected chi connectivity index (χ3v) is 3.20. The summed E-state index contributed by atoms with van der Waals surface area (Å²) in [4.78, 5) is 23.7. The van der Waals surface area contributed by atoms with E-state index >= 15 is 0 Å². The summed E-state index contributed by atoms with van der Waals surface area (Å²) in [5, 5.41) is 12.6. The Balaban J connectivity index is 3.13. The molecule has 116 valence electrons. The van der Waals surface area contributed by atoms with Crippen molar-refractivity contribution in [2.75, 3.05) is 0 Å². The molecule has 0 aliphatic heterocycles. The van der Waals surface area contributed by atoms with Gasteiger partial charge < -0.3 is 15.2 Å². The Bertz CT molecular complexity index is 521. The second-order valence-electron chi connectivity index (χ2n) is 5.70. The molecule has 2 N–H and O–H groups in total. The molecule has 6 heteroatoms. The fourth-order valence-electron chi connectivity index (χ4n) is 1.91. The van der Waals surface area contributed by atoms with Crippen LogP contribution in [0, 0.1) is 0 Å². The monoisotopic (exact) mass is 313 g/mol. The van der Waals surface area contributed by atoms with Gasteiger partial charge in [-0.15, -0.1) is 0 Å². The van der Waals surface area contributed by atoms with Crippen molar-refractivity contribution in [1.82, 2.24) is 5.32 Å². The van der Waals surface area contributed by atoms with E-state index in [4.69, 9.17) is 16.3 Å². The van der Waals surface area contributed by atoms with Crippen LogP contribution in [0.3, 0.4) is 0 Å². The van der Waals surface area contributed by atoms with Crippen LogP contribution in [0.4, 0.5) is 4.79 Å². The summed E-state index contributed by atoms with van der Waals surface area (Å²) < 4.78 is 5.15. The number of aliphatic carboxylic acids is 1. The summed E-state index contributed by atoms with van der Waals surface area (Å²) in [7, 11) is 0. The Morgan fingerprint density at radius 1 is 1.24 bits per heavy atom. The van der Waals surface area contributed by atoms with Crippen LogP contribution in [0.5, 0.6) is 0 Å². The first-order valence-corrected chi connectivity index (χ1v) is 6.99. The Labute approximate surface area is 129 Å². The molecule has 0 aromatic heterocycles. The molecule has 0 saturated heterocycles. The Morgan fingerprint density at radius 2 is 1.76 bits per heavy atom. The lowest BCUT2D eigenvalue weighted by Crippen LogP contribution is -2.52. The van der Waals surface area contributed by atoms with E-state index in [9.17, 15) is 14.7 Å². The van der Waals surface area contributed by atoms with Crippen molar-refractivity contribution in [1.29, 1.82) is 0 Å².